The third-order valence-corrected chi connectivity index (χ3v) is 5.92. The zero-order valence-corrected chi connectivity index (χ0v) is 13.6. The smallest absolute Gasteiger partial charge is 0.309 e. The first-order valence-electron chi connectivity index (χ1n) is 7.64. The second kappa shape index (κ2) is 6.92. The van der Waals surface area contributed by atoms with E-state index in [1.807, 2.05) is 0 Å². The molecular formula is C15H25NO4S. The van der Waals surface area contributed by atoms with Crippen LogP contribution in [0.3, 0.4) is 0 Å². The fraction of sp³-hybridized carbons (Fsp3) is 0.800. The minimum Gasteiger partial charge on any atom is -0.465 e. The molecule has 5 nitrogen and oxygen atoms in total. The van der Waals surface area contributed by atoms with Crippen molar-refractivity contribution in [2.75, 3.05) is 26.0 Å². The van der Waals surface area contributed by atoms with Crippen LogP contribution in [0.1, 0.15) is 32.6 Å². The van der Waals surface area contributed by atoms with Crippen molar-refractivity contribution in [3.63, 3.8) is 0 Å². The SMILES string of the molecule is CC1CC=CCC1COC(=O)C1CCN(S(C)(=O)=O)CC1. The average Bonchev–Trinajstić information content (AvgIpc) is 2.45. The third-order valence-electron chi connectivity index (χ3n) is 4.61. The van der Waals surface area contributed by atoms with E-state index in [0.717, 1.165) is 12.8 Å². The van der Waals surface area contributed by atoms with Gasteiger partial charge in [-0.1, -0.05) is 19.1 Å². The monoisotopic (exact) mass is 315 g/mol. The van der Waals surface area contributed by atoms with Crippen LogP contribution < -0.4 is 0 Å². The number of esters is 1. The number of nitrogens with zero attached hydrogens (tertiary/aromatic N) is 1. The fourth-order valence-corrected chi connectivity index (χ4v) is 3.84. The average molecular weight is 315 g/mol. The second-order valence-corrected chi connectivity index (χ2v) is 8.23. The van der Waals surface area contributed by atoms with Crippen LogP contribution >= 0.6 is 0 Å². The Morgan fingerprint density at radius 3 is 2.43 bits per heavy atom. The highest BCUT2D eigenvalue weighted by Crippen LogP contribution is 2.26. The molecule has 1 aliphatic carbocycles. The molecule has 2 rings (SSSR count). The van der Waals surface area contributed by atoms with Crippen LogP contribution in [0.5, 0.6) is 0 Å². The van der Waals surface area contributed by atoms with Crippen LogP contribution in [0.25, 0.3) is 0 Å². The number of carbonyl (C=O) groups is 1. The van der Waals surface area contributed by atoms with E-state index in [9.17, 15) is 13.2 Å². The van der Waals surface area contributed by atoms with Crippen molar-refractivity contribution in [1.29, 1.82) is 0 Å². The van der Waals surface area contributed by atoms with Gasteiger partial charge in [0, 0.05) is 13.1 Å². The molecular weight excluding hydrogens is 290 g/mol. The summed E-state index contributed by atoms with van der Waals surface area (Å²) in [6.45, 7) is 3.51. The standard InChI is InChI=1S/C15H25NO4S/c1-12-5-3-4-6-14(12)11-20-15(17)13-7-9-16(10-8-13)21(2,18)19/h3-4,12-14H,5-11H2,1-2H3. The predicted molar refractivity (Wildman–Crippen MR) is 81.1 cm³/mol. The highest BCUT2D eigenvalue weighted by atomic mass is 32.2. The van der Waals surface area contributed by atoms with Crippen molar-refractivity contribution in [3.8, 4) is 0 Å². The van der Waals surface area contributed by atoms with Crippen LogP contribution in [0.15, 0.2) is 12.2 Å². The molecule has 0 saturated carbocycles. The molecule has 1 saturated heterocycles. The first kappa shape index (κ1) is 16.5. The molecule has 0 aromatic rings. The lowest BCUT2D eigenvalue weighted by Gasteiger charge is -2.30. The summed E-state index contributed by atoms with van der Waals surface area (Å²) in [4.78, 5) is 12.1. The minimum atomic E-state index is -3.14. The lowest BCUT2D eigenvalue weighted by Crippen LogP contribution is -2.40. The molecule has 2 aliphatic rings. The Bertz CT molecular complexity index is 492. The van der Waals surface area contributed by atoms with E-state index in [1.165, 1.54) is 10.6 Å². The molecule has 0 N–H and O–H groups in total. The first-order chi connectivity index (χ1) is 9.88. The molecule has 0 aromatic heterocycles. The van der Waals surface area contributed by atoms with E-state index in [4.69, 9.17) is 4.74 Å². The van der Waals surface area contributed by atoms with Crippen LogP contribution in [0.2, 0.25) is 0 Å². The van der Waals surface area contributed by atoms with Crippen LogP contribution in [-0.4, -0.2) is 44.6 Å². The van der Waals surface area contributed by atoms with Crippen molar-refractivity contribution in [1.82, 2.24) is 4.31 Å². The molecule has 0 bridgehead atoms. The van der Waals surface area contributed by atoms with E-state index < -0.39 is 10.0 Å². The third kappa shape index (κ3) is 4.54. The maximum atomic E-state index is 12.1. The number of allylic oxidation sites excluding steroid dienone is 2. The van der Waals surface area contributed by atoms with E-state index in [0.29, 0.717) is 44.4 Å². The van der Waals surface area contributed by atoms with Crippen molar-refractivity contribution in [3.05, 3.63) is 12.2 Å². The summed E-state index contributed by atoms with van der Waals surface area (Å²) in [6, 6.07) is 0. The van der Waals surface area contributed by atoms with Gasteiger partial charge in [-0.25, -0.2) is 12.7 Å². The zero-order valence-electron chi connectivity index (χ0n) is 12.8. The Hall–Kier alpha value is -0.880. The number of hydrogen-bond donors (Lipinski definition) is 0. The summed E-state index contributed by atoms with van der Waals surface area (Å²) in [5.74, 6) is 0.646. The fourth-order valence-electron chi connectivity index (χ4n) is 2.97. The zero-order chi connectivity index (χ0) is 15.5. The van der Waals surface area contributed by atoms with E-state index >= 15 is 0 Å². The van der Waals surface area contributed by atoms with Gasteiger partial charge in [-0.15, -0.1) is 0 Å². The highest BCUT2D eigenvalue weighted by Gasteiger charge is 2.30. The molecule has 0 aromatic carbocycles. The molecule has 21 heavy (non-hydrogen) atoms. The van der Waals surface area contributed by atoms with Gasteiger partial charge in [0.2, 0.25) is 10.0 Å². The van der Waals surface area contributed by atoms with Gasteiger partial charge in [-0.2, -0.15) is 0 Å². The van der Waals surface area contributed by atoms with Crippen molar-refractivity contribution in [2.24, 2.45) is 17.8 Å². The lowest BCUT2D eigenvalue weighted by molar-refractivity contribution is -0.151. The largest absolute Gasteiger partial charge is 0.465 e. The van der Waals surface area contributed by atoms with E-state index in [-0.39, 0.29) is 11.9 Å². The van der Waals surface area contributed by atoms with Gasteiger partial charge in [-0.05, 0) is 37.5 Å². The Morgan fingerprint density at radius 2 is 1.86 bits per heavy atom. The van der Waals surface area contributed by atoms with E-state index in [2.05, 4.69) is 19.1 Å². The van der Waals surface area contributed by atoms with Gasteiger partial charge < -0.3 is 4.74 Å². The van der Waals surface area contributed by atoms with Gasteiger partial charge in [0.15, 0.2) is 0 Å². The van der Waals surface area contributed by atoms with Gasteiger partial charge in [0.25, 0.3) is 0 Å². The Morgan fingerprint density at radius 1 is 1.24 bits per heavy atom. The molecule has 2 atom stereocenters. The highest BCUT2D eigenvalue weighted by molar-refractivity contribution is 7.88. The van der Waals surface area contributed by atoms with Gasteiger partial charge in [-0.3, -0.25) is 4.79 Å². The quantitative estimate of drug-likeness (QED) is 0.586. The van der Waals surface area contributed by atoms with Gasteiger partial charge >= 0.3 is 5.97 Å². The van der Waals surface area contributed by atoms with Crippen LogP contribution in [-0.2, 0) is 19.6 Å². The van der Waals surface area contributed by atoms with Crippen LogP contribution in [0.4, 0.5) is 0 Å². The normalized spacial score (nSPS) is 28.5. The van der Waals surface area contributed by atoms with Gasteiger partial charge in [0.1, 0.15) is 0 Å². The Kier molecular flexibility index (Phi) is 5.43. The number of carbonyl (C=O) groups excluding carboxylic acids is 1. The summed E-state index contributed by atoms with van der Waals surface area (Å²) in [5.41, 5.74) is 0. The molecule has 2 unspecified atom stereocenters. The second-order valence-electron chi connectivity index (χ2n) is 6.25. The van der Waals surface area contributed by atoms with E-state index in [1.54, 1.807) is 0 Å². The molecule has 120 valence electrons. The van der Waals surface area contributed by atoms with Gasteiger partial charge in [0.05, 0.1) is 18.8 Å². The number of rotatable bonds is 4. The summed E-state index contributed by atoms with van der Waals surface area (Å²) in [6.07, 6.45) is 8.70. The molecule has 1 heterocycles. The topological polar surface area (TPSA) is 63.7 Å². The maximum absolute atomic E-state index is 12.1. The number of hydrogen-bond acceptors (Lipinski definition) is 4. The first-order valence-corrected chi connectivity index (χ1v) is 9.49. The molecule has 0 spiro atoms. The molecule has 0 radical (unpaired) electrons. The molecule has 1 aliphatic heterocycles. The minimum absolute atomic E-state index is 0.155. The Labute approximate surface area is 127 Å². The summed E-state index contributed by atoms with van der Waals surface area (Å²) in [5, 5.41) is 0. The summed E-state index contributed by atoms with van der Waals surface area (Å²) >= 11 is 0. The van der Waals surface area contributed by atoms with Crippen LogP contribution in [0, 0.1) is 17.8 Å². The van der Waals surface area contributed by atoms with Crippen molar-refractivity contribution in [2.45, 2.75) is 32.6 Å². The Balaban J connectivity index is 1.76. The molecule has 1 fully saturated rings. The maximum Gasteiger partial charge on any atom is 0.309 e. The van der Waals surface area contributed by atoms with Crippen molar-refractivity contribution < 1.29 is 17.9 Å². The molecule has 6 heteroatoms. The predicted octanol–water partition coefficient (Wildman–Crippen LogP) is 1.80. The van der Waals surface area contributed by atoms with Crippen molar-refractivity contribution >= 4 is 16.0 Å². The number of sulfonamides is 1. The molecule has 0 amide bonds. The summed E-state index contributed by atoms with van der Waals surface area (Å²) in [7, 11) is -3.14. The number of piperidine rings is 1. The number of ether oxygens (including phenoxy) is 1. The lowest BCUT2D eigenvalue weighted by atomic mass is 9.85. The summed E-state index contributed by atoms with van der Waals surface area (Å²) < 4.78 is 29.8.